The van der Waals surface area contributed by atoms with Gasteiger partial charge in [0.15, 0.2) is 5.96 Å². The lowest BCUT2D eigenvalue weighted by molar-refractivity contribution is 0.178. The molecule has 6 nitrogen and oxygen atoms in total. The van der Waals surface area contributed by atoms with Crippen LogP contribution in [0.15, 0.2) is 4.99 Å². The zero-order chi connectivity index (χ0) is 18.3. The van der Waals surface area contributed by atoms with Crippen molar-refractivity contribution < 1.29 is 0 Å². The largest absolute Gasteiger partial charge is 0.356 e. The number of hydrogen-bond donors (Lipinski definition) is 2. The minimum absolute atomic E-state index is 0. The van der Waals surface area contributed by atoms with Crippen LogP contribution in [-0.2, 0) is 13.5 Å². The van der Waals surface area contributed by atoms with Gasteiger partial charge < -0.3 is 10.6 Å². The molecule has 0 saturated heterocycles. The number of aliphatic imine (C=N–C) groups is 1. The highest BCUT2D eigenvalue weighted by molar-refractivity contribution is 14.0. The Hall–Kier alpha value is -0.830. The highest BCUT2D eigenvalue weighted by atomic mass is 127. The molecule has 1 aromatic heterocycles. The van der Waals surface area contributed by atoms with Gasteiger partial charge in [-0.25, -0.2) is 0 Å². The molecule has 0 radical (unpaired) electrons. The molecule has 25 heavy (non-hydrogen) atoms. The molecular formula is C18H37IN6. The molecule has 0 amide bonds. The molecule has 1 rings (SSSR count). The second-order valence-corrected chi connectivity index (χ2v) is 6.87. The van der Waals surface area contributed by atoms with Crippen molar-refractivity contribution in [1.82, 2.24) is 25.3 Å². The molecule has 0 spiro atoms. The normalized spacial score (nSPS) is 12.0. The maximum Gasteiger partial charge on any atom is 0.191 e. The number of guanidine groups is 1. The average Bonchev–Trinajstić information content (AvgIpc) is 2.74. The summed E-state index contributed by atoms with van der Waals surface area (Å²) in [4.78, 5) is 6.79. The molecule has 146 valence electrons. The second-order valence-electron chi connectivity index (χ2n) is 6.87. The van der Waals surface area contributed by atoms with Gasteiger partial charge >= 0.3 is 0 Å². The van der Waals surface area contributed by atoms with E-state index >= 15 is 0 Å². The molecule has 0 bridgehead atoms. The van der Waals surface area contributed by atoms with Crippen molar-refractivity contribution in [3.05, 3.63) is 17.0 Å². The van der Waals surface area contributed by atoms with Crippen LogP contribution in [0, 0.1) is 13.8 Å². The van der Waals surface area contributed by atoms with Crippen molar-refractivity contribution >= 4 is 29.9 Å². The van der Waals surface area contributed by atoms with Crippen molar-refractivity contribution in [2.45, 2.75) is 60.0 Å². The third kappa shape index (κ3) is 7.52. The summed E-state index contributed by atoms with van der Waals surface area (Å²) in [6.07, 6.45) is 0.955. The first kappa shape index (κ1) is 24.2. The number of nitrogens with one attached hydrogen (secondary N) is 2. The molecule has 1 heterocycles. The number of aromatic nitrogens is 2. The Morgan fingerprint density at radius 2 is 1.68 bits per heavy atom. The van der Waals surface area contributed by atoms with Crippen LogP contribution in [0.25, 0.3) is 0 Å². The van der Waals surface area contributed by atoms with E-state index in [0.717, 1.165) is 37.7 Å². The fourth-order valence-electron chi connectivity index (χ4n) is 3.12. The summed E-state index contributed by atoms with van der Waals surface area (Å²) in [5.41, 5.74) is 3.68. The van der Waals surface area contributed by atoms with Crippen LogP contribution >= 0.6 is 24.0 Å². The summed E-state index contributed by atoms with van der Waals surface area (Å²) >= 11 is 0. The lowest BCUT2D eigenvalue weighted by atomic mass is 10.1. The maximum atomic E-state index is 4.47. The Morgan fingerprint density at radius 1 is 1.12 bits per heavy atom. The van der Waals surface area contributed by atoms with Crippen molar-refractivity contribution in [2.75, 3.05) is 26.7 Å². The van der Waals surface area contributed by atoms with Crippen LogP contribution < -0.4 is 10.6 Å². The molecule has 0 fully saturated rings. The van der Waals surface area contributed by atoms with Gasteiger partial charge in [0.25, 0.3) is 0 Å². The van der Waals surface area contributed by atoms with Gasteiger partial charge in [-0.1, -0.05) is 0 Å². The van der Waals surface area contributed by atoms with Crippen molar-refractivity contribution in [3.63, 3.8) is 0 Å². The first-order valence-corrected chi connectivity index (χ1v) is 8.97. The fourth-order valence-corrected chi connectivity index (χ4v) is 3.12. The van der Waals surface area contributed by atoms with Crippen molar-refractivity contribution in [3.8, 4) is 0 Å². The van der Waals surface area contributed by atoms with Gasteiger partial charge in [-0.05, 0) is 53.5 Å². The number of hydrogen-bond acceptors (Lipinski definition) is 3. The molecule has 0 aromatic carbocycles. The van der Waals surface area contributed by atoms with Gasteiger partial charge in [-0.3, -0.25) is 14.6 Å². The minimum atomic E-state index is 0. The SMILES string of the molecule is CN=C(NCCc1c(C)nn(C)c1C)NCCN(C(C)C)C(C)C.I. The van der Waals surface area contributed by atoms with Crippen molar-refractivity contribution in [1.29, 1.82) is 0 Å². The summed E-state index contributed by atoms with van der Waals surface area (Å²) in [5.74, 6) is 0.863. The summed E-state index contributed by atoms with van der Waals surface area (Å²) in [7, 11) is 3.81. The van der Waals surface area contributed by atoms with Gasteiger partial charge in [0.05, 0.1) is 5.69 Å². The summed E-state index contributed by atoms with van der Waals surface area (Å²) in [6.45, 7) is 15.9. The molecule has 0 aliphatic carbocycles. The Balaban J connectivity index is 0.00000576. The number of nitrogens with zero attached hydrogens (tertiary/aromatic N) is 4. The molecule has 0 atom stereocenters. The van der Waals surface area contributed by atoms with Gasteiger partial charge in [0, 0.05) is 51.5 Å². The highest BCUT2D eigenvalue weighted by Crippen LogP contribution is 2.11. The number of aryl methyl sites for hydroxylation is 2. The molecule has 7 heteroatoms. The summed E-state index contributed by atoms with van der Waals surface area (Å²) in [6, 6.07) is 1.11. The monoisotopic (exact) mass is 464 g/mol. The van der Waals surface area contributed by atoms with Crippen LogP contribution in [0.5, 0.6) is 0 Å². The summed E-state index contributed by atoms with van der Waals surface area (Å²) in [5, 5.41) is 11.3. The molecular weight excluding hydrogens is 427 g/mol. The predicted molar refractivity (Wildman–Crippen MR) is 118 cm³/mol. The van der Waals surface area contributed by atoms with Gasteiger partial charge in [0.1, 0.15) is 0 Å². The molecule has 0 aliphatic rings. The molecule has 0 unspecified atom stereocenters. The molecule has 0 aliphatic heterocycles. The lowest BCUT2D eigenvalue weighted by Crippen LogP contribution is -2.45. The Labute approximate surface area is 170 Å². The van der Waals surface area contributed by atoms with Crippen LogP contribution in [0.2, 0.25) is 0 Å². The quantitative estimate of drug-likeness (QED) is 0.353. The van der Waals surface area contributed by atoms with E-state index in [1.54, 1.807) is 0 Å². The lowest BCUT2D eigenvalue weighted by Gasteiger charge is -2.30. The number of halogens is 1. The van der Waals surface area contributed by atoms with E-state index in [1.807, 2.05) is 18.8 Å². The standard InChI is InChI=1S/C18H36N6.HI/c1-13(2)24(14(3)4)12-11-21-18(19-7)20-10-9-17-15(5)22-23(8)16(17)6;/h13-14H,9-12H2,1-8H3,(H2,19,20,21);1H. The average molecular weight is 464 g/mol. The second kappa shape index (κ2) is 11.7. The van der Waals surface area contributed by atoms with E-state index < -0.39 is 0 Å². The maximum absolute atomic E-state index is 4.47. The number of rotatable bonds is 8. The van der Waals surface area contributed by atoms with E-state index in [9.17, 15) is 0 Å². The molecule has 1 aromatic rings. The van der Waals surface area contributed by atoms with E-state index in [-0.39, 0.29) is 24.0 Å². The van der Waals surface area contributed by atoms with Crippen LogP contribution in [0.3, 0.4) is 0 Å². The topological polar surface area (TPSA) is 57.5 Å². The Bertz CT molecular complexity index is 528. The van der Waals surface area contributed by atoms with E-state index in [4.69, 9.17) is 0 Å². The third-order valence-electron chi connectivity index (χ3n) is 4.54. The van der Waals surface area contributed by atoms with E-state index in [0.29, 0.717) is 12.1 Å². The smallest absolute Gasteiger partial charge is 0.191 e. The summed E-state index contributed by atoms with van der Waals surface area (Å²) < 4.78 is 1.95. The van der Waals surface area contributed by atoms with Crippen molar-refractivity contribution in [2.24, 2.45) is 12.0 Å². The highest BCUT2D eigenvalue weighted by Gasteiger charge is 2.13. The van der Waals surface area contributed by atoms with Gasteiger partial charge in [0.2, 0.25) is 0 Å². The molecule has 2 N–H and O–H groups in total. The minimum Gasteiger partial charge on any atom is -0.356 e. The van der Waals surface area contributed by atoms with E-state index in [1.165, 1.54) is 11.3 Å². The third-order valence-corrected chi connectivity index (χ3v) is 4.54. The first-order valence-electron chi connectivity index (χ1n) is 8.97. The Kier molecular flexibility index (Phi) is 11.3. The predicted octanol–water partition coefficient (Wildman–Crippen LogP) is 2.48. The zero-order valence-electron chi connectivity index (χ0n) is 17.2. The molecule has 0 saturated carbocycles. The Morgan fingerprint density at radius 3 is 2.12 bits per heavy atom. The van der Waals surface area contributed by atoms with E-state index in [2.05, 4.69) is 67.2 Å². The van der Waals surface area contributed by atoms with Gasteiger partial charge in [-0.15, -0.1) is 24.0 Å². The fraction of sp³-hybridized carbons (Fsp3) is 0.778. The first-order chi connectivity index (χ1) is 11.3. The van der Waals surface area contributed by atoms with Crippen LogP contribution in [-0.4, -0.2) is 59.4 Å². The van der Waals surface area contributed by atoms with Crippen LogP contribution in [0.4, 0.5) is 0 Å². The zero-order valence-corrected chi connectivity index (χ0v) is 19.5. The van der Waals surface area contributed by atoms with Gasteiger partial charge in [-0.2, -0.15) is 5.10 Å². The van der Waals surface area contributed by atoms with Crippen LogP contribution in [0.1, 0.15) is 44.6 Å².